The summed E-state index contributed by atoms with van der Waals surface area (Å²) in [5, 5.41) is 0. The van der Waals surface area contributed by atoms with Gasteiger partial charge in [-0.05, 0) is 44.5 Å². The quantitative estimate of drug-likeness (QED) is 0.230. The van der Waals surface area contributed by atoms with Crippen LogP contribution in [-0.4, -0.2) is 0 Å². The molecule has 0 amide bonds. The van der Waals surface area contributed by atoms with Crippen molar-refractivity contribution in [2.45, 2.75) is 24.7 Å². The van der Waals surface area contributed by atoms with E-state index in [2.05, 4.69) is 137 Å². The van der Waals surface area contributed by atoms with E-state index in [4.69, 9.17) is 0 Å². The largest absolute Gasteiger partial charge is 0.0985 e. The van der Waals surface area contributed by atoms with E-state index >= 15 is 0 Å². The Kier molecular flexibility index (Phi) is 7.08. The summed E-state index contributed by atoms with van der Waals surface area (Å²) in [6.45, 7) is 20.5. The van der Waals surface area contributed by atoms with Gasteiger partial charge in [-0.1, -0.05) is 162 Å². The molecule has 0 spiro atoms. The van der Waals surface area contributed by atoms with E-state index < -0.39 is 10.8 Å². The molecule has 0 heterocycles. The molecule has 4 aromatic carbocycles. The summed E-state index contributed by atoms with van der Waals surface area (Å²) in [7, 11) is 0. The SMILES string of the molecule is C=Cc1ccc(C(C)(c2ccc(C=C)cc2)C(C)(c2ccc(C=C)cc2)c2ccc(C=C)cc2)cc1. The third kappa shape index (κ3) is 4.20. The molecule has 0 aliphatic rings. The molecule has 4 aromatic rings. The molecule has 4 rings (SSSR count). The fourth-order valence-electron chi connectivity index (χ4n) is 5.30. The van der Waals surface area contributed by atoms with Crippen LogP contribution in [-0.2, 0) is 10.8 Å². The van der Waals surface area contributed by atoms with Crippen LogP contribution in [0.3, 0.4) is 0 Å². The van der Waals surface area contributed by atoms with Crippen molar-refractivity contribution in [3.63, 3.8) is 0 Å². The summed E-state index contributed by atoms with van der Waals surface area (Å²) < 4.78 is 0. The molecule has 0 aliphatic heterocycles. The Morgan fingerprint density at radius 2 is 0.528 bits per heavy atom. The van der Waals surface area contributed by atoms with E-state index in [9.17, 15) is 0 Å². The fraction of sp³-hybridized carbons (Fsp3) is 0.111. The minimum absolute atomic E-state index is 0.405. The monoisotopic (exact) mass is 466 g/mol. The first-order valence-electron chi connectivity index (χ1n) is 12.3. The van der Waals surface area contributed by atoms with Crippen molar-refractivity contribution >= 4 is 24.3 Å². The van der Waals surface area contributed by atoms with Crippen LogP contribution in [0.2, 0.25) is 0 Å². The first-order chi connectivity index (χ1) is 17.4. The fourth-order valence-corrected chi connectivity index (χ4v) is 5.30. The van der Waals surface area contributed by atoms with Crippen LogP contribution in [0, 0.1) is 0 Å². The van der Waals surface area contributed by atoms with Crippen molar-refractivity contribution in [3.05, 3.63) is 168 Å². The van der Waals surface area contributed by atoms with Crippen molar-refractivity contribution < 1.29 is 0 Å². The standard InChI is InChI=1S/C36H34/c1-7-27-11-19-31(20-12-27)35(5,32-21-13-28(8-2)14-22-32)36(6,33-23-15-29(9-3)16-24-33)34-25-17-30(10-4)18-26-34/h7-26H,1-4H2,5-6H3. The lowest BCUT2D eigenvalue weighted by atomic mass is 9.53. The van der Waals surface area contributed by atoms with Gasteiger partial charge in [0.15, 0.2) is 0 Å². The summed E-state index contributed by atoms with van der Waals surface area (Å²) in [6, 6.07) is 35.2. The molecule has 0 atom stereocenters. The Morgan fingerprint density at radius 3 is 0.667 bits per heavy atom. The Bertz CT molecular complexity index is 1150. The van der Waals surface area contributed by atoms with Gasteiger partial charge >= 0.3 is 0 Å². The predicted molar refractivity (Wildman–Crippen MR) is 159 cm³/mol. The van der Waals surface area contributed by atoms with E-state index in [0.717, 1.165) is 22.3 Å². The van der Waals surface area contributed by atoms with Crippen molar-refractivity contribution in [2.75, 3.05) is 0 Å². The van der Waals surface area contributed by atoms with Crippen molar-refractivity contribution in [1.29, 1.82) is 0 Å². The molecule has 178 valence electrons. The van der Waals surface area contributed by atoms with Gasteiger partial charge in [-0.15, -0.1) is 0 Å². The van der Waals surface area contributed by atoms with E-state index in [1.54, 1.807) is 0 Å². The van der Waals surface area contributed by atoms with E-state index in [1.807, 2.05) is 24.3 Å². The molecular formula is C36H34. The topological polar surface area (TPSA) is 0 Å². The zero-order valence-corrected chi connectivity index (χ0v) is 21.4. The van der Waals surface area contributed by atoms with Crippen molar-refractivity contribution in [3.8, 4) is 0 Å². The molecule has 0 heteroatoms. The third-order valence-electron chi connectivity index (χ3n) is 7.89. The molecule has 0 N–H and O–H groups in total. The lowest BCUT2D eigenvalue weighted by Crippen LogP contribution is -2.47. The summed E-state index contributed by atoms with van der Waals surface area (Å²) in [4.78, 5) is 0. The molecule has 0 bridgehead atoms. The van der Waals surface area contributed by atoms with Gasteiger partial charge in [-0.2, -0.15) is 0 Å². The van der Waals surface area contributed by atoms with Crippen LogP contribution >= 0.6 is 0 Å². The van der Waals surface area contributed by atoms with Gasteiger partial charge in [0.25, 0.3) is 0 Å². The summed E-state index contributed by atoms with van der Waals surface area (Å²) in [5.74, 6) is 0. The average molecular weight is 467 g/mol. The highest BCUT2D eigenvalue weighted by atomic mass is 14.5. The number of rotatable bonds is 9. The van der Waals surface area contributed by atoms with Gasteiger partial charge < -0.3 is 0 Å². The molecule has 0 saturated heterocycles. The molecule has 0 nitrogen and oxygen atoms in total. The van der Waals surface area contributed by atoms with E-state index in [-0.39, 0.29) is 0 Å². The molecule has 0 aromatic heterocycles. The zero-order chi connectivity index (χ0) is 25.8. The smallest absolute Gasteiger partial charge is 0.0309 e. The summed E-state index contributed by atoms with van der Waals surface area (Å²) in [5.41, 5.74) is 8.57. The first-order valence-corrected chi connectivity index (χ1v) is 12.3. The molecular weight excluding hydrogens is 432 g/mol. The lowest BCUT2D eigenvalue weighted by Gasteiger charge is -2.49. The van der Waals surface area contributed by atoms with Gasteiger partial charge in [0.05, 0.1) is 0 Å². The van der Waals surface area contributed by atoms with Crippen LogP contribution in [0.5, 0.6) is 0 Å². The van der Waals surface area contributed by atoms with Gasteiger partial charge in [-0.25, -0.2) is 0 Å². The molecule has 0 saturated carbocycles. The normalized spacial score (nSPS) is 11.5. The maximum atomic E-state index is 3.95. The van der Waals surface area contributed by atoms with E-state index in [1.165, 1.54) is 22.3 Å². The highest BCUT2D eigenvalue weighted by molar-refractivity contribution is 5.60. The van der Waals surface area contributed by atoms with Crippen LogP contribution in [0.4, 0.5) is 0 Å². The average Bonchev–Trinajstić information content (AvgIpc) is 2.96. The zero-order valence-electron chi connectivity index (χ0n) is 21.4. The second kappa shape index (κ2) is 10.2. The summed E-state index contributed by atoms with van der Waals surface area (Å²) >= 11 is 0. The van der Waals surface area contributed by atoms with Crippen LogP contribution in [0.1, 0.15) is 58.4 Å². The van der Waals surface area contributed by atoms with E-state index in [0.29, 0.717) is 0 Å². The minimum Gasteiger partial charge on any atom is -0.0985 e. The predicted octanol–water partition coefficient (Wildman–Crippen LogP) is 9.57. The van der Waals surface area contributed by atoms with Gasteiger partial charge in [-0.3, -0.25) is 0 Å². The number of benzene rings is 4. The maximum absolute atomic E-state index is 3.95. The van der Waals surface area contributed by atoms with Crippen LogP contribution < -0.4 is 0 Å². The van der Waals surface area contributed by atoms with Crippen LogP contribution in [0.15, 0.2) is 123 Å². The molecule has 0 aliphatic carbocycles. The Labute approximate surface area is 216 Å². The molecule has 0 radical (unpaired) electrons. The summed E-state index contributed by atoms with van der Waals surface area (Å²) in [6.07, 6.45) is 7.56. The third-order valence-corrected chi connectivity index (χ3v) is 7.89. The first kappa shape index (κ1) is 24.9. The van der Waals surface area contributed by atoms with Gasteiger partial charge in [0.1, 0.15) is 0 Å². The molecule has 0 unspecified atom stereocenters. The van der Waals surface area contributed by atoms with Gasteiger partial charge in [0.2, 0.25) is 0 Å². The maximum Gasteiger partial charge on any atom is 0.0309 e. The Balaban J connectivity index is 2.08. The lowest BCUT2D eigenvalue weighted by molar-refractivity contribution is 0.360. The minimum atomic E-state index is -0.405. The van der Waals surface area contributed by atoms with Crippen LogP contribution in [0.25, 0.3) is 24.3 Å². The number of hydrogen-bond acceptors (Lipinski definition) is 0. The Morgan fingerprint density at radius 1 is 0.361 bits per heavy atom. The molecule has 36 heavy (non-hydrogen) atoms. The molecule has 0 fully saturated rings. The highest BCUT2D eigenvalue weighted by Crippen LogP contribution is 2.52. The second-order valence-corrected chi connectivity index (χ2v) is 9.55. The Hall–Kier alpha value is -4.16. The van der Waals surface area contributed by atoms with Gasteiger partial charge in [0, 0.05) is 10.8 Å². The second-order valence-electron chi connectivity index (χ2n) is 9.55. The number of hydrogen-bond donors (Lipinski definition) is 0. The highest BCUT2D eigenvalue weighted by Gasteiger charge is 2.49. The van der Waals surface area contributed by atoms with Crippen molar-refractivity contribution in [2.24, 2.45) is 0 Å². The van der Waals surface area contributed by atoms with Crippen molar-refractivity contribution in [1.82, 2.24) is 0 Å².